The van der Waals surface area contributed by atoms with Crippen LogP contribution in [-0.2, 0) is 6.42 Å². The standard InChI is InChI=1S/C13H16F3N/c1-12(2,17)13(3-4-13)7-8-5-10(15)11(16)6-9(8)14/h5-6H,3-4,7,17H2,1-2H3. The van der Waals surface area contributed by atoms with Gasteiger partial charge in [0.15, 0.2) is 11.6 Å². The zero-order valence-corrected chi connectivity index (χ0v) is 9.99. The van der Waals surface area contributed by atoms with Crippen LogP contribution in [0, 0.1) is 22.9 Å². The summed E-state index contributed by atoms with van der Waals surface area (Å²) in [6.45, 7) is 3.77. The van der Waals surface area contributed by atoms with Gasteiger partial charge in [-0.2, -0.15) is 0 Å². The molecule has 2 rings (SSSR count). The Morgan fingerprint density at radius 3 is 2.12 bits per heavy atom. The molecule has 94 valence electrons. The van der Waals surface area contributed by atoms with Crippen molar-refractivity contribution in [2.75, 3.05) is 0 Å². The molecule has 1 aromatic rings. The molecule has 0 heterocycles. The first-order valence-corrected chi connectivity index (χ1v) is 5.67. The quantitative estimate of drug-likeness (QED) is 0.811. The first-order valence-electron chi connectivity index (χ1n) is 5.67. The average Bonchev–Trinajstić information content (AvgIpc) is 2.94. The molecule has 1 fully saturated rings. The predicted molar refractivity (Wildman–Crippen MR) is 60.0 cm³/mol. The van der Waals surface area contributed by atoms with Crippen LogP contribution in [0.1, 0.15) is 32.3 Å². The van der Waals surface area contributed by atoms with E-state index in [1.165, 1.54) is 0 Å². The SMILES string of the molecule is CC(C)(N)C1(Cc2cc(F)c(F)cc2F)CC1. The topological polar surface area (TPSA) is 26.0 Å². The van der Waals surface area contributed by atoms with Crippen LogP contribution in [0.3, 0.4) is 0 Å². The van der Waals surface area contributed by atoms with E-state index in [9.17, 15) is 13.2 Å². The minimum Gasteiger partial charge on any atom is -0.325 e. The molecule has 0 unspecified atom stereocenters. The van der Waals surface area contributed by atoms with Crippen LogP contribution < -0.4 is 5.73 Å². The van der Waals surface area contributed by atoms with Crippen molar-refractivity contribution in [3.05, 3.63) is 35.1 Å². The maximum atomic E-state index is 13.5. The van der Waals surface area contributed by atoms with E-state index in [2.05, 4.69) is 0 Å². The van der Waals surface area contributed by atoms with Gasteiger partial charge in [0.2, 0.25) is 0 Å². The third-order valence-corrected chi connectivity index (χ3v) is 3.84. The maximum Gasteiger partial charge on any atom is 0.161 e. The third kappa shape index (κ3) is 2.18. The van der Waals surface area contributed by atoms with Gasteiger partial charge in [0.1, 0.15) is 5.82 Å². The summed E-state index contributed by atoms with van der Waals surface area (Å²) in [5.74, 6) is -2.85. The number of hydrogen-bond acceptors (Lipinski definition) is 1. The van der Waals surface area contributed by atoms with E-state index in [-0.39, 0.29) is 11.0 Å². The second kappa shape index (κ2) is 3.73. The lowest BCUT2D eigenvalue weighted by Crippen LogP contribution is -2.43. The smallest absolute Gasteiger partial charge is 0.161 e. The van der Waals surface area contributed by atoms with Gasteiger partial charge in [0, 0.05) is 11.6 Å². The van der Waals surface area contributed by atoms with Crippen LogP contribution in [-0.4, -0.2) is 5.54 Å². The summed E-state index contributed by atoms with van der Waals surface area (Å²) < 4.78 is 39.4. The fourth-order valence-electron chi connectivity index (χ4n) is 2.26. The monoisotopic (exact) mass is 243 g/mol. The second-order valence-electron chi connectivity index (χ2n) is 5.54. The Kier molecular flexibility index (Phi) is 2.73. The summed E-state index contributed by atoms with van der Waals surface area (Å²) in [6, 6.07) is 1.54. The van der Waals surface area contributed by atoms with Gasteiger partial charge in [-0.3, -0.25) is 0 Å². The summed E-state index contributed by atoms with van der Waals surface area (Å²) in [5.41, 5.74) is 5.64. The summed E-state index contributed by atoms with van der Waals surface area (Å²) in [5, 5.41) is 0. The van der Waals surface area contributed by atoms with Gasteiger partial charge in [-0.1, -0.05) is 0 Å². The lowest BCUT2D eigenvalue weighted by molar-refractivity contribution is 0.289. The molecule has 17 heavy (non-hydrogen) atoms. The molecule has 0 amide bonds. The molecule has 1 saturated carbocycles. The second-order valence-corrected chi connectivity index (χ2v) is 5.54. The highest BCUT2D eigenvalue weighted by Crippen LogP contribution is 2.55. The number of halogens is 3. The molecule has 1 nitrogen and oxygen atoms in total. The van der Waals surface area contributed by atoms with E-state index >= 15 is 0 Å². The number of rotatable bonds is 3. The predicted octanol–water partition coefficient (Wildman–Crippen LogP) is 3.16. The Bertz CT molecular complexity index is 445. The van der Waals surface area contributed by atoms with Crippen molar-refractivity contribution in [2.24, 2.45) is 11.1 Å². The minimum absolute atomic E-state index is 0.182. The number of benzene rings is 1. The van der Waals surface area contributed by atoms with Crippen molar-refractivity contribution in [3.8, 4) is 0 Å². The molecule has 0 atom stereocenters. The van der Waals surface area contributed by atoms with Gasteiger partial charge in [-0.15, -0.1) is 0 Å². The summed E-state index contributed by atoms with van der Waals surface area (Å²) in [4.78, 5) is 0. The highest BCUT2D eigenvalue weighted by atomic mass is 19.2. The molecular weight excluding hydrogens is 227 g/mol. The third-order valence-electron chi connectivity index (χ3n) is 3.84. The van der Waals surface area contributed by atoms with E-state index in [4.69, 9.17) is 5.73 Å². The lowest BCUT2D eigenvalue weighted by Gasteiger charge is -2.31. The molecule has 0 saturated heterocycles. The fraction of sp³-hybridized carbons (Fsp3) is 0.538. The van der Waals surface area contributed by atoms with Gasteiger partial charge in [-0.25, -0.2) is 13.2 Å². The van der Waals surface area contributed by atoms with E-state index in [1.807, 2.05) is 13.8 Å². The van der Waals surface area contributed by atoms with Crippen LogP contribution >= 0.6 is 0 Å². The zero-order valence-electron chi connectivity index (χ0n) is 9.99. The Morgan fingerprint density at radius 2 is 1.65 bits per heavy atom. The average molecular weight is 243 g/mol. The molecule has 2 N–H and O–H groups in total. The first kappa shape index (κ1) is 12.4. The van der Waals surface area contributed by atoms with E-state index in [0.717, 1.165) is 18.9 Å². The largest absolute Gasteiger partial charge is 0.325 e. The normalized spacial score (nSPS) is 18.2. The molecule has 0 aromatic heterocycles. The van der Waals surface area contributed by atoms with E-state index in [0.29, 0.717) is 12.5 Å². The summed E-state index contributed by atoms with van der Waals surface area (Å²) in [7, 11) is 0. The highest BCUT2D eigenvalue weighted by molar-refractivity contribution is 5.25. The Labute approximate surface area is 98.8 Å². The molecule has 1 aromatic carbocycles. The van der Waals surface area contributed by atoms with Crippen LogP contribution in [0.25, 0.3) is 0 Å². The van der Waals surface area contributed by atoms with Crippen molar-refractivity contribution >= 4 is 0 Å². The molecular formula is C13H16F3N. The Morgan fingerprint density at radius 1 is 1.12 bits per heavy atom. The van der Waals surface area contributed by atoms with Crippen LogP contribution in [0.2, 0.25) is 0 Å². The van der Waals surface area contributed by atoms with Crippen molar-refractivity contribution in [1.82, 2.24) is 0 Å². The van der Waals surface area contributed by atoms with Gasteiger partial charge in [-0.05, 0) is 50.2 Å². The van der Waals surface area contributed by atoms with Gasteiger partial charge in [0.05, 0.1) is 0 Å². The zero-order chi connectivity index (χ0) is 12.8. The molecule has 4 heteroatoms. The molecule has 1 aliphatic rings. The van der Waals surface area contributed by atoms with Crippen LogP contribution in [0.5, 0.6) is 0 Å². The highest BCUT2D eigenvalue weighted by Gasteiger charge is 2.52. The van der Waals surface area contributed by atoms with Crippen molar-refractivity contribution < 1.29 is 13.2 Å². The Balaban J connectivity index is 2.29. The maximum absolute atomic E-state index is 13.5. The van der Waals surface area contributed by atoms with Crippen molar-refractivity contribution in [3.63, 3.8) is 0 Å². The van der Waals surface area contributed by atoms with E-state index in [1.54, 1.807) is 0 Å². The molecule has 0 spiro atoms. The summed E-state index contributed by atoms with van der Waals surface area (Å²) in [6.07, 6.45) is 2.16. The Hall–Kier alpha value is -1.03. The van der Waals surface area contributed by atoms with Gasteiger partial charge >= 0.3 is 0 Å². The van der Waals surface area contributed by atoms with Crippen LogP contribution in [0.15, 0.2) is 12.1 Å². The first-order chi connectivity index (χ1) is 7.75. The fourth-order valence-corrected chi connectivity index (χ4v) is 2.26. The molecule has 0 aliphatic heterocycles. The van der Waals surface area contributed by atoms with E-state index < -0.39 is 23.0 Å². The minimum atomic E-state index is -1.15. The van der Waals surface area contributed by atoms with Gasteiger partial charge in [0.25, 0.3) is 0 Å². The molecule has 0 radical (unpaired) electrons. The van der Waals surface area contributed by atoms with Crippen molar-refractivity contribution in [2.45, 2.75) is 38.6 Å². The van der Waals surface area contributed by atoms with Crippen molar-refractivity contribution in [1.29, 1.82) is 0 Å². The molecule has 1 aliphatic carbocycles. The van der Waals surface area contributed by atoms with Crippen LogP contribution in [0.4, 0.5) is 13.2 Å². The molecule has 0 bridgehead atoms. The number of nitrogens with two attached hydrogens (primary N) is 1. The van der Waals surface area contributed by atoms with Gasteiger partial charge < -0.3 is 5.73 Å². The number of hydrogen-bond donors (Lipinski definition) is 1. The summed E-state index contributed by atoms with van der Waals surface area (Å²) >= 11 is 0. The lowest BCUT2D eigenvalue weighted by atomic mass is 9.80.